The number of amides is 1. The van der Waals surface area contributed by atoms with Crippen LogP contribution in [0.4, 0.5) is 5.69 Å². The molecule has 0 atom stereocenters. The van der Waals surface area contributed by atoms with Crippen molar-refractivity contribution in [3.63, 3.8) is 0 Å². The Hall–Kier alpha value is -2.78. The molecule has 2 aromatic carbocycles. The van der Waals surface area contributed by atoms with E-state index in [1.54, 1.807) is 18.2 Å². The summed E-state index contributed by atoms with van der Waals surface area (Å²) in [7, 11) is 0. The zero-order valence-corrected chi connectivity index (χ0v) is 19.4. The first-order valence-corrected chi connectivity index (χ1v) is 11.2. The highest BCUT2D eigenvalue weighted by atomic mass is 79.9. The minimum atomic E-state index is -1.08. The molecule has 0 bridgehead atoms. The number of carboxylic acid groups (broad SMARTS) is 1. The predicted molar refractivity (Wildman–Crippen MR) is 125 cm³/mol. The lowest BCUT2D eigenvalue weighted by molar-refractivity contribution is -0.139. The van der Waals surface area contributed by atoms with Gasteiger partial charge in [-0.3, -0.25) is 4.79 Å². The summed E-state index contributed by atoms with van der Waals surface area (Å²) in [6.07, 6.45) is 2.67. The van der Waals surface area contributed by atoms with Crippen LogP contribution in [-0.4, -0.2) is 35.4 Å². The van der Waals surface area contributed by atoms with Crippen molar-refractivity contribution in [2.24, 2.45) is 4.99 Å². The number of ether oxygens (including phenoxy) is 2. The second-order valence-electron chi connectivity index (χ2n) is 6.44. The van der Waals surface area contributed by atoms with Crippen molar-refractivity contribution >= 4 is 56.5 Å². The van der Waals surface area contributed by atoms with E-state index in [1.165, 1.54) is 17.3 Å². The Morgan fingerprint density at radius 2 is 1.90 bits per heavy atom. The van der Waals surface area contributed by atoms with Crippen LogP contribution in [0, 0.1) is 0 Å². The lowest BCUT2D eigenvalue weighted by Crippen LogP contribution is -2.19. The first-order chi connectivity index (χ1) is 14.9. The molecule has 1 saturated heterocycles. The molecule has 1 amide bonds. The number of hydrogen-bond donors (Lipinski definition) is 2. The molecule has 31 heavy (non-hydrogen) atoms. The number of aliphatic imine (C=N–C) groups is 1. The first-order valence-electron chi connectivity index (χ1n) is 9.59. The number of aryl methyl sites for hydroxylation is 1. The van der Waals surface area contributed by atoms with Gasteiger partial charge in [-0.2, -0.15) is 0 Å². The molecule has 9 heteroatoms. The van der Waals surface area contributed by atoms with Gasteiger partial charge in [-0.25, -0.2) is 9.79 Å². The number of hydrogen-bond acceptors (Lipinski definition) is 6. The number of carbonyl (C=O) groups is 2. The van der Waals surface area contributed by atoms with Gasteiger partial charge in [0, 0.05) is 4.47 Å². The van der Waals surface area contributed by atoms with E-state index in [0.29, 0.717) is 38.2 Å². The van der Waals surface area contributed by atoms with Crippen LogP contribution in [0.3, 0.4) is 0 Å². The Kier molecular flexibility index (Phi) is 7.75. The number of amidine groups is 1. The standard InChI is InChI=1S/C22H21BrN2O5S/c1-3-13-5-7-15(8-6-13)24-22-25-21(28)19(31-22)10-14-9-17(29-4-2)18(11-16(14)23)30-12-20(26)27/h5-11H,3-4,12H2,1-2H3,(H,26,27)(H,24,25,28)/b19-10-. The number of thioether (sulfide) groups is 1. The van der Waals surface area contributed by atoms with E-state index in [9.17, 15) is 9.59 Å². The minimum absolute atomic E-state index is 0.245. The summed E-state index contributed by atoms with van der Waals surface area (Å²) >= 11 is 4.69. The van der Waals surface area contributed by atoms with Crippen LogP contribution in [0.2, 0.25) is 0 Å². The highest BCUT2D eigenvalue weighted by Gasteiger charge is 2.24. The van der Waals surface area contributed by atoms with Crippen molar-refractivity contribution < 1.29 is 24.2 Å². The van der Waals surface area contributed by atoms with Gasteiger partial charge in [0.15, 0.2) is 23.3 Å². The van der Waals surface area contributed by atoms with Crippen molar-refractivity contribution in [1.29, 1.82) is 0 Å². The van der Waals surface area contributed by atoms with Crippen molar-refractivity contribution in [1.82, 2.24) is 5.32 Å². The lowest BCUT2D eigenvalue weighted by Gasteiger charge is -2.13. The number of benzene rings is 2. The Balaban J connectivity index is 1.84. The van der Waals surface area contributed by atoms with E-state index in [0.717, 1.165) is 12.1 Å². The third-order valence-corrected chi connectivity index (χ3v) is 5.82. The molecular formula is C22H21BrN2O5S. The Morgan fingerprint density at radius 3 is 2.55 bits per heavy atom. The van der Waals surface area contributed by atoms with Gasteiger partial charge in [0.25, 0.3) is 5.91 Å². The molecule has 1 aliphatic heterocycles. The Labute approximate surface area is 192 Å². The molecule has 1 heterocycles. The summed E-state index contributed by atoms with van der Waals surface area (Å²) < 4.78 is 11.5. The zero-order chi connectivity index (χ0) is 22.4. The van der Waals surface area contributed by atoms with Crippen LogP contribution in [0.25, 0.3) is 6.08 Å². The number of carboxylic acids is 1. The lowest BCUT2D eigenvalue weighted by atomic mass is 10.2. The van der Waals surface area contributed by atoms with Crippen LogP contribution < -0.4 is 14.8 Å². The van der Waals surface area contributed by atoms with Crippen molar-refractivity contribution in [2.45, 2.75) is 20.3 Å². The van der Waals surface area contributed by atoms with Crippen LogP contribution in [0.5, 0.6) is 11.5 Å². The zero-order valence-electron chi connectivity index (χ0n) is 17.0. The molecule has 2 N–H and O–H groups in total. The maximum atomic E-state index is 12.4. The van der Waals surface area contributed by atoms with Crippen LogP contribution in [0.15, 0.2) is 50.8 Å². The van der Waals surface area contributed by atoms with E-state index in [1.807, 2.05) is 31.2 Å². The smallest absolute Gasteiger partial charge is 0.341 e. The van der Waals surface area contributed by atoms with Crippen LogP contribution in [0.1, 0.15) is 25.0 Å². The van der Waals surface area contributed by atoms with E-state index in [2.05, 4.69) is 33.2 Å². The van der Waals surface area contributed by atoms with Crippen molar-refractivity contribution in [3.05, 3.63) is 56.9 Å². The number of halogens is 1. The molecule has 7 nitrogen and oxygen atoms in total. The molecule has 1 fully saturated rings. The molecule has 0 aliphatic carbocycles. The van der Waals surface area contributed by atoms with E-state index >= 15 is 0 Å². The van der Waals surface area contributed by atoms with Gasteiger partial charge >= 0.3 is 5.97 Å². The second-order valence-corrected chi connectivity index (χ2v) is 8.32. The number of carbonyl (C=O) groups excluding carboxylic acids is 1. The topological polar surface area (TPSA) is 97.2 Å². The summed E-state index contributed by atoms with van der Waals surface area (Å²) in [6.45, 7) is 3.80. The van der Waals surface area contributed by atoms with Gasteiger partial charge in [-0.15, -0.1) is 0 Å². The van der Waals surface area contributed by atoms with Crippen LogP contribution in [-0.2, 0) is 16.0 Å². The van der Waals surface area contributed by atoms with E-state index < -0.39 is 12.6 Å². The highest BCUT2D eigenvalue weighted by molar-refractivity contribution is 9.10. The fourth-order valence-corrected chi connectivity index (χ4v) is 4.00. The summed E-state index contributed by atoms with van der Waals surface area (Å²) in [5, 5.41) is 12.1. The van der Waals surface area contributed by atoms with Crippen molar-refractivity contribution in [3.8, 4) is 11.5 Å². The van der Waals surface area contributed by atoms with Gasteiger partial charge in [0.2, 0.25) is 0 Å². The average Bonchev–Trinajstić information content (AvgIpc) is 3.08. The minimum Gasteiger partial charge on any atom is -0.490 e. The van der Waals surface area contributed by atoms with Gasteiger partial charge < -0.3 is 19.9 Å². The first kappa shape index (κ1) is 22.9. The summed E-state index contributed by atoms with van der Waals surface area (Å²) in [5.41, 5.74) is 2.68. The normalized spacial score (nSPS) is 15.9. The van der Waals surface area contributed by atoms with Crippen LogP contribution >= 0.6 is 27.7 Å². The molecule has 1 aliphatic rings. The summed E-state index contributed by atoms with van der Waals surface area (Å²) in [5.74, 6) is -0.628. The number of aliphatic carboxylic acids is 1. The monoisotopic (exact) mass is 504 g/mol. The van der Waals surface area contributed by atoms with Gasteiger partial charge in [-0.05, 0) is 66.6 Å². The third-order valence-electron chi connectivity index (χ3n) is 4.23. The predicted octanol–water partition coefficient (Wildman–Crippen LogP) is 4.77. The molecule has 0 unspecified atom stereocenters. The molecule has 2 aromatic rings. The third kappa shape index (κ3) is 6.11. The molecule has 162 valence electrons. The molecular weight excluding hydrogens is 484 g/mol. The SMILES string of the molecule is CCOc1cc(/C=C2\SC(=Nc3ccc(CC)cc3)NC2=O)c(Br)cc1OCC(=O)O. The Bertz CT molecular complexity index is 1050. The van der Waals surface area contributed by atoms with Gasteiger partial charge in [0.1, 0.15) is 0 Å². The highest BCUT2D eigenvalue weighted by Crippen LogP contribution is 2.37. The van der Waals surface area contributed by atoms with Gasteiger partial charge in [-0.1, -0.05) is 35.0 Å². The molecule has 0 aromatic heterocycles. The fourth-order valence-electron chi connectivity index (χ4n) is 2.73. The largest absolute Gasteiger partial charge is 0.490 e. The number of rotatable bonds is 8. The Morgan fingerprint density at radius 1 is 1.19 bits per heavy atom. The fraction of sp³-hybridized carbons (Fsp3) is 0.227. The second kappa shape index (κ2) is 10.5. The molecule has 3 rings (SSSR count). The summed E-state index contributed by atoms with van der Waals surface area (Å²) in [6, 6.07) is 11.2. The maximum Gasteiger partial charge on any atom is 0.341 e. The van der Waals surface area contributed by atoms with Crippen molar-refractivity contribution in [2.75, 3.05) is 13.2 Å². The quantitative estimate of drug-likeness (QED) is 0.502. The van der Waals surface area contributed by atoms with Gasteiger partial charge in [0.05, 0.1) is 17.2 Å². The summed E-state index contributed by atoms with van der Waals surface area (Å²) in [4.78, 5) is 28.2. The number of nitrogens with zero attached hydrogens (tertiary/aromatic N) is 1. The maximum absolute atomic E-state index is 12.4. The molecule has 0 radical (unpaired) electrons. The van der Waals surface area contributed by atoms with E-state index in [-0.39, 0.29) is 5.91 Å². The average molecular weight is 505 g/mol. The number of nitrogens with one attached hydrogen (secondary N) is 1. The van der Waals surface area contributed by atoms with E-state index in [4.69, 9.17) is 14.6 Å². The molecule has 0 saturated carbocycles. The molecule has 0 spiro atoms.